The van der Waals surface area contributed by atoms with Gasteiger partial charge in [0.2, 0.25) is 11.8 Å². The maximum atomic E-state index is 12.8. The number of hydrogen-bond acceptors (Lipinski definition) is 3. The van der Waals surface area contributed by atoms with Crippen molar-refractivity contribution in [3.05, 3.63) is 0 Å². The number of thioether (sulfide) groups is 1. The number of carbonyl (C=O) groups excluding carboxylic acids is 2. The third-order valence-electron chi connectivity index (χ3n) is 5.62. The molecule has 1 saturated carbocycles. The van der Waals surface area contributed by atoms with E-state index >= 15 is 0 Å². The molecule has 0 aromatic carbocycles. The fourth-order valence-corrected chi connectivity index (χ4v) is 4.72. The zero-order valence-electron chi connectivity index (χ0n) is 15.0. The molecule has 0 spiro atoms. The van der Waals surface area contributed by atoms with Gasteiger partial charge in [0.25, 0.3) is 0 Å². The minimum absolute atomic E-state index is 0.0719. The first-order valence-corrected chi connectivity index (χ1v) is 10.5. The third-order valence-corrected chi connectivity index (χ3v) is 6.15. The molecular formula is C18H32N2O2S. The summed E-state index contributed by atoms with van der Waals surface area (Å²) < 4.78 is 0. The summed E-state index contributed by atoms with van der Waals surface area (Å²) in [4.78, 5) is 27.4. The molecule has 5 atom stereocenters. The molecule has 23 heavy (non-hydrogen) atoms. The van der Waals surface area contributed by atoms with Crippen molar-refractivity contribution in [2.24, 2.45) is 11.8 Å². The van der Waals surface area contributed by atoms with E-state index in [2.05, 4.69) is 31.0 Å². The Balaban J connectivity index is 2.15. The molecule has 2 rings (SSSR count). The molecule has 2 aliphatic rings. The second-order valence-electron chi connectivity index (χ2n) is 7.26. The van der Waals surface area contributed by atoms with Crippen LogP contribution in [0.25, 0.3) is 0 Å². The highest BCUT2D eigenvalue weighted by molar-refractivity contribution is 7.99. The summed E-state index contributed by atoms with van der Waals surface area (Å²) in [5, 5.41) is 3.18. The first-order chi connectivity index (χ1) is 11.0. The van der Waals surface area contributed by atoms with E-state index in [1.54, 1.807) is 11.8 Å². The third kappa shape index (κ3) is 4.23. The van der Waals surface area contributed by atoms with Gasteiger partial charge in [-0.3, -0.25) is 9.59 Å². The lowest BCUT2D eigenvalue weighted by atomic mass is 9.69. The lowest BCUT2D eigenvalue weighted by Crippen LogP contribution is -2.59. The second kappa shape index (κ2) is 8.41. The Labute approximate surface area is 145 Å². The van der Waals surface area contributed by atoms with Crippen molar-refractivity contribution in [3.8, 4) is 0 Å². The van der Waals surface area contributed by atoms with Crippen LogP contribution >= 0.6 is 11.8 Å². The van der Waals surface area contributed by atoms with E-state index in [4.69, 9.17) is 0 Å². The molecule has 1 aliphatic carbocycles. The number of nitrogens with one attached hydrogen (secondary N) is 1. The monoisotopic (exact) mass is 340 g/mol. The van der Waals surface area contributed by atoms with Crippen molar-refractivity contribution >= 4 is 23.6 Å². The largest absolute Gasteiger partial charge is 0.353 e. The number of rotatable bonds is 5. The topological polar surface area (TPSA) is 49.4 Å². The van der Waals surface area contributed by atoms with Crippen LogP contribution in [-0.4, -0.2) is 46.8 Å². The van der Waals surface area contributed by atoms with Gasteiger partial charge in [-0.2, -0.15) is 11.8 Å². The molecule has 1 N–H and O–H groups in total. The van der Waals surface area contributed by atoms with Crippen LogP contribution in [0.3, 0.4) is 0 Å². The summed E-state index contributed by atoms with van der Waals surface area (Å²) in [6, 6.07) is 0.664. The number of hydrogen-bond donors (Lipinski definition) is 1. The molecule has 1 saturated heterocycles. The van der Waals surface area contributed by atoms with Gasteiger partial charge in [0.15, 0.2) is 0 Å². The highest BCUT2D eigenvalue weighted by Gasteiger charge is 2.46. The fourth-order valence-electron chi connectivity index (χ4n) is 4.32. The van der Waals surface area contributed by atoms with Crippen LogP contribution in [-0.2, 0) is 9.59 Å². The van der Waals surface area contributed by atoms with Crippen LogP contribution in [0.5, 0.6) is 0 Å². The maximum Gasteiger partial charge on any atom is 0.233 e. The lowest BCUT2D eigenvalue weighted by Gasteiger charge is -2.51. The van der Waals surface area contributed by atoms with Crippen LogP contribution in [0, 0.1) is 11.8 Å². The SMILES string of the molecule is CC[C@H](C)NC(=O)[C@@H]1C[C@H](C)N(C(=O)CSC)[C@@H]2CCCC[C@H]21. The van der Waals surface area contributed by atoms with Crippen molar-refractivity contribution in [3.63, 3.8) is 0 Å². The van der Waals surface area contributed by atoms with Crippen molar-refractivity contribution in [2.75, 3.05) is 12.0 Å². The molecule has 1 heterocycles. The summed E-state index contributed by atoms with van der Waals surface area (Å²) in [7, 11) is 0. The molecule has 132 valence electrons. The van der Waals surface area contributed by atoms with E-state index in [0.717, 1.165) is 25.7 Å². The van der Waals surface area contributed by atoms with Gasteiger partial charge in [-0.15, -0.1) is 0 Å². The number of nitrogens with zero attached hydrogens (tertiary/aromatic N) is 1. The normalized spacial score (nSPS) is 32.1. The minimum atomic E-state index is 0.0719. The fraction of sp³-hybridized carbons (Fsp3) is 0.889. The number of likely N-dealkylation sites (tertiary alicyclic amines) is 1. The average Bonchev–Trinajstić information content (AvgIpc) is 2.53. The summed E-state index contributed by atoms with van der Waals surface area (Å²) in [6.45, 7) is 6.28. The van der Waals surface area contributed by atoms with Crippen LogP contribution in [0.1, 0.15) is 59.3 Å². The highest BCUT2D eigenvalue weighted by Crippen LogP contribution is 2.41. The number of piperidine rings is 1. The molecule has 4 nitrogen and oxygen atoms in total. The average molecular weight is 341 g/mol. The van der Waals surface area contributed by atoms with Crippen molar-refractivity contribution in [1.29, 1.82) is 0 Å². The molecule has 0 unspecified atom stereocenters. The van der Waals surface area contributed by atoms with Gasteiger partial charge in [-0.05, 0) is 51.7 Å². The summed E-state index contributed by atoms with van der Waals surface area (Å²) >= 11 is 1.59. The van der Waals surface area contributed by atoms with E-state index in [1.165, 1.54) is 12.8 Å². The zero-order valence-corrected chi connectivity index (χ0v) is 15.8. The first kappa shape index (κ1) is 18.6. The molecule has 0 radical (unpaired) electrons. The Morgan fingerprint density at radius 1 is 1.30 bits per heavy atom. The summed E-state index contributed by atoms with van der Waals surface area (Å²) in [5.74, 6) is 1.43. The van der Waals surface area contributed by atoms with E-state index in [9.17, 15) is 9.59 Å². The Kier molecular flexibility index (Phi) is 6.81. The van der Waals surface area contributed by atoms with Gasteiger partial charge in [0.05, 0.1) is 5.75 Å². The molecule has 5 heteroatoms. The predicted molar refractivity (Wildman–Crippen MR) is 96.4 cm³/mol. The molecular weight excluding hydrogens is 308 g/mol. The number of carbonyl (C=O) groups is 2. The molecule has 2 fully saturated rings. The van der Waals surface area contributed by atoms with Crippen LogP contribution in [0.4, 0.5) is 0 Å². The molecule has 0 aromatic heterocycles. The van der Waals surface area contributed by atoms with Gasteiger partial charge >= 0.3 is 0 Å². The van der Waals surface area contributed by atoms with Crippen molar-refractivity contribution < 1.29 is 9.59 Å². The second-order valence-corrected chi connectivity index (χ2v) is 8.12. The Hall–Kier alpha value is -0.710. The van der Waals surface area contributed by atoms with Gasteiger partial charge in [-0.25, -0.2) is 0 Å². The molecule has 2 amide bonds. The quantitative estimate of drug-likeness (QED) is 0.837. The zero-order chi connectivity index (χ0) is 17.0. The molecule has 0 aromatic rings. The van der Waals surface area contributed by atoms with Gasteiger partial charge in [-0.1, -0.05) is 19.8 Å². The van der Waals surface area contributed by atoms with Gasteiger partial charge < -0.3 is 10.2 Å². The number of fused-ring (bicyclic) bond motifs is 1. The summed E-state index contributed by atoms with van der Waals surface area (Å²) in [5.41, 5.74) is 0. The molecule has 1 aliphatic heterocycles. The van der Waals surface area contributed by atoms with Crippen molar-refractivity contribution in [2.45, 2.75) is 77.4 Å². The Morgan fingerprint density at radius 2 is 2.00 bits per heavy atom. The van der Waals surface area contributed by atoms with Gasteiger partial charge in [0, 0.05) is 24.0 Å². The van der Waals surface area contributed by atoms with E-state index in [0.29, 0.717) is 11.7 Å². The van der Waals surface area contributed by atoms with E-state index in [1.807, 2.05) is 6.26 Å². The van der Waals surface area contributed by atoms with Crippen LogP contribution in [0.2, 0.25) is 0 Å². The Morgan fingerprint density at radius 3 is 2.65 bits per heavy atom. The van der Waals surface area contributed by atoms with Gasteiger partial charge in [0.1, 0.15) is 0 Å². The van der Waals surface area contributed by atoms with Crippen molar-refractivity contribution in [1.82, 2.24) is 10.2 Å². The van der Waals surface area contributed by atoms with E-state index < -0.39 is 0 Å². The van der Waals surface area contributed by atoms with E-state index in [-0.39, 0.29) is 35.9 Å². The number of amides is 2. The minimum Gasteiger partial charge on any atom is -0.353 e. The summed E-state index contributed by atoms with van der Waals surface area (Å²) in [6.07, 6.45) is 8.25. The highest BCUT2D eigenvalue weighted by atomic mass is 32.2. The van der Waals surface area contributed by atoms with Crippen LogP contribution in [0.15, 0.2) is 0 Å². The lowest BCUT2D eigenvalue weighted by molar-refractivity contribution is -0.147. The standard InChI is InChI=1S/C18H32N2O2S/c1-5-12(2)19-18(22)15-10-13(3)20(17(21)11-23-4)16-9-7-6-8-14(15)16/h12-16H,5-11H2,1-4H3,(H,19,22)/t12-,13-,14-,15+,16+/m0/s1. The smallest absolute Gasteiger partial charge is 0.233 e. The maximum absolute atomic E-state index is 12.8. The Bertz CT molecular complexity index is 429. The first-order valence-electron chi connectivity index (χ1n) is 9.10. The molecule has 0 bridgehead atoms. The van der Waals surface area contributed by atoms with Crippen LogP contribution < -0.4 is 5.32 Å². The predicted octanol–water partition coefficient (Wildman–Crippen LogP) is 3.06.